The molecule has 0 saturated carbocycles. The van der Waals surface area contributed by atoms with E-state index >= 15 is 0 Å². The number of rotatable bonds is 4. The second kappa shape index (κ2) is 7.35. The Morgan fingerprint density at radius 1 is 1.23 bits per heavy atom. The van der Waals surface area contributed by atoms with Gasteiger partial charge in [0.2, 0.25) is 0 Å². The van der Waals surface area contributed by atoms with Crippen LogP contribution < -0.4 is 20.9 Å². The monoisotopic (exact) mass is 346 g/mol. The molecule has 132 valence electrons. The van der Waals surface area contributed by atoms with Gasteiger partial charge in [0.1, 0.15) is 0 Å². The van der Waals surface area contributed by atoms with Crippen molar-refractivity contribution in [2.24, 2.45) is 0 Å². The van der Waals surface area contributed by atoms with Gasteiger partial charge in [-0.1, -0.05) is 24.8 Å². The molecule has 3 rings (SSSR count). The Morgan fingerprint density at radius 3 is 2.69 bits per heavy atom. The maximum absolute atomic E-state index is 13.1. The first-order valence-electron chi connectivity index (χ1n) is 8.56. The SMILES string of the molecule is C=c1cnn(-c2ccccn2)c(=O)/c1=C(\C)N(CC)c1cccc(C)c1. The third kappa shape index (κ3) is 3.28. The van der Waals surface area contributed by atoms with Gasteiger partial charge in [-0.05, 0) is 50.6 Å². The molecule has 0 aliphatic carbocycles. The molecule has 26 heavy (non-hydrogen) atoms. The van der Waals surface area contributed by atoms with E-state index in [1.54, 1.807) is 24.5 Å². The lowest BCUT2D eigenvalue weighted by Gasteiger charge is -2.24. The number of aryl methyl sites for hydroxylation is 1. The molecule has 0 bridgehead atoms. The average Bonchev–Trinajstić information content (AvgIpc) is 2.63. The lowest BCUT2D eigenvalue weighted by Crippen LogP contribution is -2.48. The van der Waals surface area contributed by atoms with Crippen molar-refractivity contribution in [2.45, 2.75) is 20.8 Å². The van der Waals surface area contributed by atoms with Gasteiger partial charge < -0.3 is 4.90 Å². The molecule has 0 N–H and O–H groups in total. The van der Waals surface area contributed by atoms with Gasteiger partial charge in [-0.15, -0.1) is 0 Å². The van der Waals surface area contributed by atoms with E-state index < -0.39 is 0 Å². The Hall–Kier alpha value is -3.21. The van der Waals surface area contributed by atoms with Crippen molar-refractivity contribution < 1.29 is 0 Å². The molecule has 1 aromatic carbocycles. The molecule has 3 aromatic rings. The largest absolute Gasteiger partial charge is 0.345 e. The second-order valence-corrected chi connectivity index (χ2v) is 6.12. The summed E-state index contributed by atoms with van der Waals surface area (Å²) in [6.07, 6.45) is 3.25. The van der Waals surface area contributed by atoms with E-state index in [2.05, 4.69) is 47.5 Å². The summed E-state index contributed by atoms with van der Waals surface area (Å²) in [6, 6.07) is 13.6. The van der Waals surface area contributed by atoms with Gasteiger partial charge in [0.15, 0.2) is 5.82 Å². The molecule has 0 aliphatic rings. The number of benzene rings is 1. The molecule has 0 unspecified atom stereocenters. The van der Waals surface area contributed by atoms with Gasteiger partial charge in [0.05, 0.1) is 11.4 Å². The summed E-state index contributed by atoms with van der Waals surface area (Å²) < 4.78 is 1.32. The third-order valence-electron chi connectivity index (χ3n) is 4.32. The van der Waals surface area contributed by atoms with Crippen LogP contribution in [0.15, 0.2) is 59.7 Å². The summed E-state index contributed by atoms with van der Waals surface area (Å²) >= 11 is 0. The highest BCUT2D eigenvalue weighted by Crippen LogP contribution is 2.19. The summed E-state index contributed by atoms with van der Waals surface area (Å²) in [7, 11) is 0. The minimum atomic E-state index is -0.222. The van der Waals surface area contributed by atoms with Gasteiger partial charge in [0.25, 0.3) is 5.56 Å². The van der Waals surface area contributed by atoms with Crippen molar-refractivity contribution in [1.29, 1.82) is 0 Å². The Balaban J connectivity index is 2.27. The summed E-state index contributed by atoms with van der Waals surface area (Å²) in [4.78, 5) is 19.5. The number of pyridine rings is 1. The predicted octanol–water partition coefficient (Wildman–Crippen LogP) is 2.00. The zero-order chi connectivity index (χ0) is 18.7. The average molecular weight is 346 g/mol. The van der Waals surface area contributed by atoms with Crippen LogP contribution in [0.25, 0.3) is 18.1 Å². The van der Waals surface area contributed by atoms with Crippen LogP contribution in [0, 0.1) is 6.92 Å². The number of hydrogen-bond donors (Lipinski definition) is 0. The zero-order valence-electron chi connectivity index (χ0n) is 15.3. The second-order valence-electron chi connectivity index (χ2n) is 6.12. The van der Waals surface area contributed by atoms with E-state index in [0.717, 1.165) is 17.9 Å². The van der Waals surface area contributed by atoms with E-state index in [1.165, 1.54) is 10.2 Å². The van der Waals surface area contributed by atoms with Crippen molar-refractivity contribution in [3.8, 4) is 5.82 Å². The van der Waals surface area contributed by atoms with E-state index in [1.807, 2.05) is 25.1 Å². The van der Waals surface area contributed by atoms with E-state index in [9.17, 15) is 4.79 Å². The Kier molecular flexibility index (Phi) is 4.98. The maximum atomic E-state index is 13.1. The molecule has 0 spiro atoms. The van der Waals surface area contributed by atoms with Crippen LogP contribution in [0.2, 0.25) is 0 Å². The van der Waals surface area contributed by atoms with Crippen molar-refractivity contribution in [2.75, 3.05) is 11.4 Å². The summed E-state index contributed by atoms with van der Waals surface area (Å²) in [5, 5.41) is 5.36. The van der Waals surface area contributed by atoms with E-state index in [-0.39, 0.29) is 5.56 Å². The first kappa shape index (κ1) is 17.6. The van der Waals surface area contributed by atoms with Crippen molar-refractivity contribution >= 4 is 18.0 Å². The molecule has 5 nitrogen and oxygen atoms in total. The fraction of sp³-hybridized carbons (Fsp3) is 0.190. The van der Waals surface area contributed by atoms with Gasteiger partial charge in [-0.25, -0.2) is 4.98 Å². The molecule has 2 aromatic heterocycles. The fourth-order valence-corrected chi connectivity index (χ4v) is 3.06. The zero-order valence-corrected chi connectivity index (χ0v) is 15.3. The molecule has 5 heteroatoms. The highest BCUT2D eigenvalue weighted by Gasteiger charge is 2.12. The smallest absolute Gasteiger partial charge is 0.282 e. The molecular formula is C21H22N4O. The first-order chi connectivity index (χ1) is 12.5. The number of nitrogens with zero attached hydrogens (tertiary/aromatic N) is 4. The maximum Gasteiger partial charge on any atom is 0.282 e. The van der Waals surface area contributed by atoms with Crippen LogP contribution in [-0.2, 0) is 0 Å². The first-order valence-corrected chi connectivity index (χ1v) is 8.56. The van der Waals surface area contributed by atoms with Crippen LogP contribution in [0.4, 0.5) is 5.69 Å². The molecular weight excluding hydrogens is 324 g/mol. The summed E-state index contributed by atoms with van der Waals surface area (Å²) in [5.74, 6) is 0.491. The molecule has 0 radical (unpaired) electrons. The topological polar surface area (TPSA) is 51.0 Å². The number of hydrogen-bond acceptors (Lipinski definition) is 4. The van der Waals surface area contributed by atoms with Crippen LogP contribution in [0.1, 0.15) is 19.4 Å². The highest BCUT2D eigenvalue weighted by atomic mass is 16.1. The summed E-state index contributed by atoms with van der Waals surface area (Å²) in [6.45, 7) is 10.8. The molecule has 0 amide bonds. The van der Waals surface area contributed by atoms with Crippen LogP contribution in [-0.4, -0.2) is 21.3 Å². The van der Waals surface area contributed by atoms with E-state index in [4.69, 9.17) is 0 Å². The third-order valence-corrected chi connectivity index (χ3v) is 4.32. The van der Waals surface area contributed by atoms with Crippen LogP contribution >= 0.6 is 0 Å². The molecule has 0 saturated heterocycles. The van der Waals surface area contributed by atoms with Crippen molar-refractivity contribution in [3.63, 3.8) is 0 Å². The Labute approximate surface area is 152 Å². The van der Waals surface area contributed by atoms with Gasteiger partial charge >= 0.3 is 0 Å². The van der Waals surface area contributed by atoms with Gasteiger partial charge in [0, 0.05) is 29.3 Å². The molecule has 0 atom stereocenters. The lowest BCUT2D eigenvalue weighted by atomic mass is 10.2. The Bertz CT molecular complexity index is 1090. The molecule has 0 fully saturated rings. The number of anilines is 1. The van der Waals surface area contributed by atoms with E-state index in [0.29, 0.717) is 16.3 Å². The van der Waals surface area contributed by atoms with Crippen LogP contribution in [0.3, 0.4) is 0 Å². The van der Waals surface area contributed by atoms with Crippen molar-refractivity contribution in [1.82, 2.24) is 14.8 Å². The minimum Gasteiger partial charge on any atom is -0.345 e. The number of aromatic nitrogens is 3. The van der Waals surface area contributed by atoms with Crippen molar-refractivity contribution in [3.05, 3.63) is 81.2 Å². The summed E-state index contributed by atoms with van der Waals surface area (Å²) in [5.41, 5.74) is 2.84. The normalized spacial score (nSPS) is 12.0. The predicted molar refractivity (Wildman–Crippen MR) is 106 cm³/mol. The highest BCUT2D eigenvalue weighted by molar-refractivity contribution is 5.67. The van der Waals surface area contributed by atoms with Gasteiger partial charge in [-0.3, -0.25) is 4.79 Å². The lowest BCUT2D eigenvalue weighted by molar-refractivity contribution is 0.766. The van der Waals surface area contributed by atoms with Gasteiger partial charge in [-0.2, -0.15) is 9.78 Å². The Morgan fingerprint density at radius 2 is 2.04 bits per heavy atom. The minimum absolute atomic E-state index is 0.222. The van der Waals surface area contributed by atoms with Crippen LogP contribution in [0.5, 0.6) is 0 Å². The molecule has 0 aliphatic heterocycles. The molecule has 2 heterocycles. The quantitative estimate of drug-likeness (QED) is 0.725. The fourth-order valence-electron chi connectivity index (χ4n) is 3.06. The standard InChI is InChI=1S/C21H22N4O/c1-5-24(18-10-8-9-15(2)13-18)17(4)20-16(3)14-23-25(21(20)26)19-11-6-7-12-22-19/h6-14H,3,5H2,1-2,4H3/b20-17+.